The van der Waals surface area contributed by atoms with Crippen LogP contribution >= 0.6 is 0 Å². The van der Waals surface area contributed by atoms with Gasteiger partial charge in [-0.2, -0.15) is 0 Å². The van der Waals surface area contributed by atoms with Crippen LogP contribution in [0.4, 0.5) is 0 Å². The number of rotatable bonds is 5. The van der Waals surface area contributed by atoms with Crippen LogP contribution in [-0.2, 0) is 14.3 Å². The van der Waals surface area contributed by atoms with Crippen LogP contribution in [0.5, 0.6) is 0 Å². The molecule has 1 atom stereocenters. The second-order valence-electron chi connectivity index (χ2n) is 6.15. The molecule has 0 radical (unpaired) electrons. The summed E-state index contributed by atoms with van der Waals surface area (Å²) >= 11 is 0. The summed E-state index contributed by atoms with van der Waals surface area (Å²) in [6, 6.07) is 3.35. The normalized spacial score (nSPS) is 21.8. The Hall–Kier alpha value is -1.86. The topological polar surface area (TPSA) is 72.2 Å². The molecule has 1 unspecified atom stereocenters. The molecular weight excluding hydrogens is 312 g/mol. The third-order valence-corrected chi connectivity index (χ3v) is 4.45. The summed E-state index contributed by atoms with van der Waals surface area (Å²) < 4.78 is 16.2. The van der Waals surface area contributed by atoms with Gasteiger partial charge in [0.15, 0.2) is 5.76 Å². The van der Waals surface area contributed by atoms with E-state index in [4.69, 9.17) is 13.9 Å². The number of amides is 2. The molecule has 0 N–H and O–H groups in total. The molecule has 3 rings (SSSR count). The summed E-state index contributed by atoms with van der Waals surface area (Å²) in [5.41, 5.74) is 0. The Morgan fingerprint density at radius 1 is 1.17 bits per heavy atom. The van der Waals surface area contributed by atoms with E-state index in [9.17, 15) is 9.59 Å². The first-order valence-electron chi connectivity index (χ1n) is 8.54. The van der Waals surface area contributed by atoms with Gasteiger partial charge in [0, 0.05) is 32.8 Å². The first-order chi connectivity index (χ1) is 11.7. The fourth-order valence-electron chi connectivity index (χ4n) is 3.02. The van der Waals surface area contributed by atoms with E-state index >= 15 is 0 Å². The highest BCUT2D eigenvalue weighted by Gasteiger charge is 2.26. The van der Waals surface area contributed by atoms with Crippen molar-refractivity contribution < 1.29 is 23.5 Å². The summed E-state index contributed by atoms with van der Waals surface area (Å²) in [6.07, 6.45) is 4.88. The Bertz CT molecular complexity index is 531. The van der Waals surface area contributed by atoms with E-state index in [0.717, 1.165) is 25.9 Å². The van der Waals surface area contributed by atoms with Gasteiger partial charge in [-0.1, -0.05) is 0 Å². The third kappa shape index (κ3) is 4.36. The highest BCUT2D eigenvalue weighted by molar-refractivity contribution is 5.91. The minimum Gasteiger partial charge on any atom is -0.459 e. The van der Waals surface area contributed by atoms with Gasteiger partial charge in [0.25, 0.3) is 5.91 Å². The number of furan rings is 1. The van der Waals surface area contributed by atoms with Crippen LogP contribution in [-0.4, -0.2) is 73.7 Å². The monoisotopic (exact) mass is 336 g/mol. The second kappa shape index (κ2) is 8.30. The minimum absolute atomic E-state index is 0.0316. The number of nitrogens with zero attached hydrogens (tertiary/aromatic N) is 2. The van der Waals surface area contributed by atoms with Crippen molar-refractivity contribution in [1.29, 1.82) is 0 Å². The predicted molar refractivity (Wildman–Crippen MR) is 85.6 cm³/mol. The van der Waals surface area contributed by atoms with Gasteiger partial charge in [-0.15, -0.1) is 0 Å². The summed E-state index contributed by atoms with van der Waals surface area (Å²) in [7, 11) is 0. The van der Waals surface area contributed by atoms with Gasteiger partial charge in [0.05, 0.1) is 19.0 Å². The van der Waals surface area contributed by atoms with Crippen molar-refractivity contribution in [2.75, 3.05) is 46.0 Å². The second-order valence-corrected chi connectivity index (χ2v) is 6.15. The van der Waals surface area contributed by atoms with Crippen LogP contribution < -0.4 is 0 Å². The van der Waals surface area contributed by atoms with Gasteiger partial charge in [0.2, 0.25) is 5.91 Å². The lowest BCUT2D eigenvalue weighted by atomic mass is 10.1. The average molecular weight is 336 g/mol. The quantitative estimate of drug-likeness (QED) is 0.806. The molecule has 0 spiro atoms. The van der Waals surface area contributed by atoms with Gasteiger partial charge in [-0.3, -0.25) is 9.59 Å². The van der Waals surface area contributed by atoms with Gasteiger partial charge in [-0.25, -0.2) is 0 Å². The lowest BCUT2D eigenvalue weighted by molar-refractivity contribution is -0.139. The van der Waals surface area contributed by atoms with Gasteiger partial charge >= 0.3 is 0 Å². The van der Waals surface area contributed by atoms with E-state index < -0.39 is 0 Å². The van der Waals surface area contributed by atoms with Crippen LogP contribution in [0.1, 0.15) is 29.8 Å². The molecule has 3 heterocycles. The Labute approximate surface area is 141 Å². The molecule has 1 aromatic rings. The van der Waals surface area contributed by atoms with Crippen LogP contribution in [0.25, 0.3) is 0 Å². The van der Waals surface area contributed by atoms with Crippen molar-refractivity contribution in [2.45, 2.75) is 25.4 Å². The predicted octanol–water partition coefficient (Wildman–Crippen LogP) is 1.15. The molecule has 7 heteroatoms. The van der Waals surface area contributed by atoms with Gasteiger partial charge < -0.3 is 23.7 Å². The molecule has 2 aliphatic rings. The van der Waals surface area contributed by atoms with Crippen molar-refractivity contribution in [1.82, 2.24) is 9.80 Å². The molecular formula is C17H24N2O5. The van der Waals surface area contributed by atoms with Crippen molar-refractivity contribution in [3.8, 4) is 0 Å². The SMILES string of the molecule is O=C(COCC1CCCCO1)N1CCN(C(=O)c2ccco2)CC1. The number of piperazine rings is 1. The van der Waals surface area contributed by atoms with Gasteiger partial charge in [0.1, 0.15) is 6.61 Å². The first-order valence-corrected chi connectivity index (χ1v) is 8.54. The summed E-state index contributed by atoms with van der Waals surface area (Å²) in [4.78, 5) is 27.8. The third-order valence-electron chi connectivity index (χ3n) is 4.45. The van der Waals surface area contributed by atoms with E-state index in [-0.39, 0.29) is 24.5 Å². The standard InChI is InChI=1S/C17H24N2O5/c20-16(13-22-12-14-4-1-2-10-23-14)18-6-8-19(9-7-18)17(21)15-5-3-11-24-15/h3,5,11,14H,1-2,4,6-10,12-13H2. The van der Waals surface area contributed by atoms with Crippen molar-refractivity contribution >= 4 is 11.8 Å². The summed E-state index contributed by atoms with van der Waals surface area (Å²) in [5, 5.41) is 0. The lowest BCUT2D eigenvalue weighted by Crippen LogP contribution is -2.51. The molecule has 24 heavy (non-hydrogen) atoms. The lowest BCUT2D eigenvalue weighted by Gasteiger charge is -2.34. The number of hydrogen-bond donors (Lipinski definition) is 0. The fourth-order valence-corrected chi connectivity index (χ4v) is 3.02. The smallest absolute Gasteiger partial charge is 0.289 e. The zero-order valence-electron chi connectivity index (χ0n) is 13.8. The Morgan fingerprint density at radius 3 is 2.62 bits per heavy atom. The number of hydrogen-bond acceptors (Lipinski definition) is 5. The maximum atomic E-state index is 12.2. The van der Waals surface area contributed by atoms with E-state index in [0.29, 0.717) is 38.5 Å². The molecule has 132 valence electrons. The van der Waals surface area contributed by atoms with Crippen LogP contribution in [0, 0.1) is 0 Å². The Kier molecular flexibility index (Phi) is 5.87. The highest BCUT2D eigenvalue weighted by atomic mass is 16.5. The number of ether oxygens (including phenoxy) is 2. The fraction of sp³-hybridized carbons (Fsp3) is 0.647. The van der Waals surface area contributed by atoms with Crippen LogP contribution in [0.15, 0.2) is 22.8 Å². The van der Waals surface area contributed by atoms with Crippen LogP contribution in [0.2, 0.25) is 0 Å². The number of carbonyl (C=O) groups is 2. The van der Waals surface area contributed by atoms with Crippen LogP contribution in [0.3, 0.4) is 0 Å². The zero-order chi connectivity index (χ0) is 16.8. The molecule has 0 aromatic carbocycles. The summed E-state index contributed by atoms with van der Waals surface area (Å²) in [6.45, 7) is 3.40. The Morgan fingerprint density at radius 2 is 1.96 bits per heavy atom. The van der Waals surface area contributed by atoms with E-state index in [2.05, 4.69) is 0 Å². The molecule has 7 nitrogen and oxygen atoms in total. The Balaban J connectivity index is 1.36. The van der Waals surface area contributed by atoms with Crippen molar-refractivity contribution in [3.63, 3.8) is 0 Å². The number of carbonyl (C=O) groups excluding carboxylic acids is 2. The molecule has 2 amide bonds. The summed E-state index contributed by atoms with van der Waals surface area (Å²) in [5.74, 6) is 0.180. The maximum Gasteiger partial charge on any atom is 0.289 e. The minimum atomic E-state index is -0.127. The first kappa shape index (κ1) is 17.0. The van der Waals surface area contributed by atoms with Crippen molar-refractivity contribution in [2.24, 2.45) is 0 Å². The van der Waals surface area contributed by atoms with Gasteiger partial charge in [-0.05, 0) is 31.4 Å². The maximum absolute atomic E-state index is 12.2. The molecule has 2 aliphatic heterocycles. The molecule has 1 aromatic heterocycles. The van der Waals surface area contributed by atoms with E-state index in [1.54, 1.807) is 21.9 Å². The highest BCUT2D eigenvalue weighted by Crippen LogP contribution is 2.13. The van der Waals surface area contributed by atoms with Crippen molar-refractivity contribution in [3.05, 3.63) is 24.2 Å². The molecule has 0 aliphatic carbocycles. The van der Waals surface area contributed by atoms with E-state index in [1.807, 2.05) is 0 Å². The molecule has 0 saturated carbocycles. The zero-order valence-corrected chi connectivity index (χ0v) is 13.8. The van der Waals surface area contributed by atoms with E-state index in [1.165, 1.54) is 6.26 Å². The molecule has 2 saturated heterocycles. The largest absolute Gasteiger partial charge is 0.459 e. The molecule has 0 bridgehead atoms. The average Bonchev–Trinajstić information content (AvgIpc) is 3.17. The molecule has 2 fully saturated rings.